The average molecular weight is 459 g/mol. The van der Waals surface area contributed by atoms with E-state index in [-0.39, 0.29) is 18.6 Å². The van der Waals surface area contributed by atoms with Gasteiger partial charge in [-0.3, -0.25) is 14.4 Å². The molecule has 1 aliphatic rings. The number of rotatable bonds is 7. The number of hydrazone groups is 1. The zero-order valence-corrected chi connectivity index (χ0v) is 16.9. The predicted octanol–water partition coefficient (Wildman–Crippen LogP) is 2.20. The summed E-state index contributed by atoms with van der Waals surface area (Å²) in [5.74, 6) is -1.24. The lowest BCUT2D eigenvalue weighted by Gasteiger charge is -2.08. The van der Waals surface area contributed by atoms with Gasteiger partial charge < -0.3 is 15.4 Å². The third kappa shape index (κ3) is 7.04. The van der Waals surface area contributed by atoms with Gasteiger partial charge >= 0.3 is 11.8 Å². The number of hydrogen-bond donors (Lipinski definition) is 3. The van der Waals surface area contributed by atoms with Crippen molar-refractivity contribution in [3.63, 3.8) is 0 Å². The van der Waals surface area contributed by atoms with Gasteiger partial charge in [-0.05, 0) is 66.9 Å². The molecule has 9 heteroatoms. The molecule has 0 bridgehead atoms. The highest BCUT2D eigenvalue weighted by atomic mass is 79.9. The van der Waals surface area contributed by atoms with Crippen molar-refractivity contribution < 1.29 is 19.1 Å². The Morgan fingerprint density at radius 3 is 2.38 bits per heavy atom. The lowest BCUT2D eigenvalue weighted by Crippen LogP contribution is -2.38. The van der Waals surface area contributed by atoms with Gasteiger partial charge in [-0.2, -0.15) is 5.10 Å². The Labute approximate surface area is 175 Å². The van der Waals surface area contributed by atoms with Gasteiger partial charge in [0.1, 0.15) is 5.75 Å². The molecule has 3 amide bonds. The number of benzene rings is 2. The van der Waals surface area contributed by atoms with E-state index in [1.54, 1.807) is 36.4 Å². The zero-order chi connectivity index (χ0) is 20.6. The first-order chi connectivity index (χ1) is 14.0. The lowest BCUT2D eigenvalue weighted by atomic mass is 10.2. The summed E-state index contributed by atoms with van der Waals surface area (Å²) >= 11 is 3.33. The van der Waals surface area contributed by atoms with E-state index in [4.69, 9.17) is 4.74 Å². The van der Waals surface area contributed by atoms with Crippen molar-refractivity contribution >= 4 is 45.6 Å². The van der Waals surface area contributed by atoms with Crippen molar-refractivity contribution in [1.29, 1.82) is 0 Å². The summed E-state index contributed by atoms with van der Waals surface area (Å²) in [6, 6.07) is 14.1. The van der Waals surface area contributed by atoms with Crippen LogP contribution in [0.5, 0.6) is 5.75 Å². The highest BCUT2D eigenvalue weighted by molar-refractivity contribution is 9.10. The van der Waals surface area contributed by atoms with Crippen LogP contribution in [-0.2, 0) is 14.4 Å². The summed E-state index contributed by atoms with van der Waals surface area (Å²) in [6.45, 7) is -0.129. The second-order valence-electron chi connectivity index (χ2n) is 6.36. The number of hydrogen-bond acceptors (Lipinski definition) is 5. The molecule has 0 radical (unpaired) electrons. The first kappa shape index (κ1) is 20.5. The summed E-state index contributed by atoms with van der Waals surface area (Å²) in [5, 5.41) is 9.06. The van der Waals surface area contributed by atoms with Gasteiger partial charge in [-0.1, -0.05) is 15.9 Å². The Morgan fingerprint density at radius 2 is 1.72 bits per heavy atom. The molecule has 0 aromatic heterocycles. The SMILES string of the molecule is O=C(COc1ccc(C=NNC(=O)C(=O)NC2CC2)cc1)Nc1ccc(Br)cc1. The van der Waals surface area contributed by atoms with Gasteiger partial charge in [-0.15, -0.1) is 0 Å². The van der Waals surface area contributed by atoms with Crippen molar-refractivity contribution in [1.82, 2.24) is 10.7 Å². The molecule has 150 valence electrons. The Kier molecular flexibility index (Phi) is 6.96. The van der Waals surface area contributed by atoms with Crippen molar-refractivity contribution in [2.45, 2.75) is 18.9 Å². The minimum Gasteiger partial charge on any atom is -0.484 e. The Hall–Kier alpha value is -3.20. The molecule has 2 aromatic carbocycles. The third-order valence-electron chi connectivity index (χ3n) is 3.88. The molecule has 0 unspecified atom stereocenters. The zero-order valence-electron chi connectivity index (χ0n) is 15.4. The van der Waals surface area contributed by atoms with E-state index < -0.39 is 11.8 Å². The predicted molar refractivity (Wildman–Crippen MR) is 112 cm³/mol. The van der Waals surface area contributed by atoms with E-state index in [9.17, 15) is 14.4 Å². The largest absolute Gasteiger partial charge is 0.484 e. The Balaban J connectivity index is 1.40. The van der Waals surface area contributed by atoms with E-state index in [0.29, 0.717) is 17.0 Å². The molecule has 0 spiro atoms. The minimum absolute atomic E-state index is 0.113. The number of anilines is 1. The molecule has 0 aliphatic heterocycles. The van der Waals surface area contributed by atoms with E-state index in [1.807, 2.05) is 12.1 Å². The van der Waals surface area contributed by atoms with Gasteiger partial charge in [0.05, 0.1) is 6.21 Å². The molecule has 3 rings (SSSR count). The number of amides is 3. The molecular weight excluding hydrogens is 440 g/mol. The first-order valence-corrected chi connectivity index (χ1v) is 9.71. The van der Waals surface area contributed by atoms with Gasteiger partial charge in [0.25, 0.3) is 5.91 Å². The number of carbonyl (C=O) groups excluding carboxylic acids is 3. The summed E-state index contributed by atoms with van der Waals surface area (Å²) < 4.78 is 6.37. The standard InChI is InChI=1S/C20H19BrN4O4/c21-14-3-5-15(6-4-14)23-18(26)12-29-17-9-1-13(2-10-17)11-22-25-20(28)19(27)24-16-7-8-16/h1-6,9-11,16H,7-8,12H2,(H,23,26)(H,24,27)(H,25,28). The summed E-state index contributed by atoms with van der Waals surface area (Å²) in [6.07, 6.45) is 3.22. The van der Waals surface area contributed by atoms with Crippen molar-refractivity contribution in [2.24, 2.45) is 5.10 Å². The topological polar surface area (TPSA) is 109 Å². The summed E-state index contributed by atoms with van der Waals surface area (Å²) in [7, 11) is 0. The first-order valence-electron chi connectivity index (χ1n) is 8.92. The van der Waals surface area contributed by atoms with Gasteiger partial charge in [0, 0.05) is 16.2 Å². The molecule has 0 heterocycles. The van der Waals surface area contributed by atoms with E-state index in [1.165, 1.54) is 6.21 Å². The van der Waals surface area contributed by atoms with Crippen LogP contribution < -0.4 is 20.8 Å². The summed E-state index contributed by atoms with van der Waals surface area (Å²) in [4.78, 5) is 35.0. The van der Waals surface area contributed by atoms with Gasteiger partial charge in [0.2, 0.25) is 0 Å². The van der Waals surface area contributed by atoms with Crippen LogP contribution >= 0.6 is 15.9 Å². The van der Waals surface area contributed by atoms with Crippen molar-refractivity contribution in [3.05, 3.63) is 58.6 Å². The molecule has 0 saturated heterocycles. The highest BCUT2D eigenvalue weighted by Crippen LogP contribution is 2.18. The van der Waals surface area contributed by atoms with Crippen LogP contribution in [0.1, 0.15) is 18.4 Å². The fourth-order valence-corrected chi connectivity index (χ4v) is 2.49. The van der Waals surface area contributed by atoms with Crippen molar-refractivity contribution in [2.75, 3.05) is 11.9 Å². The van der Waals surface area contributed by atoms with E-state index in [2.05, 4.69) is 37.1 Å². The quantitative estimate of drug-likeness (QED) is 0.335. The molecule has 8 nitrogen and oxygen atoms in total. The van der Waals surface area contributed by atoms with Gasteiger partial charge in [-0.25, -0.2) is 5.43 Å². The molecule has 1 aliphatic carbocycles. The number of halogens is 1. The lowest BCUT2D eigenvalue weighted by molar-refractivity contribution is -0.139. The molecular formula is C20H19BrN4O4. The second-order valence-corrected chi connectivity index (χ2v) is 7.28. The minimum atomic E-state index is -0.801. The second kappa shape index (κ2) is 9.83. The van der Waals surface area contributed by atoms with Crippen LogP contribution in [0.3, 0.4) is 0 Å². The fraction of sp³-hybridized carbons (Fsp3) is 0.200. The van der Waals surface area contributed by atoms with Crippen LogP contribution in [-0.4, -0.2) is 36.6 Å². The maximum absolute atomic E-state index is 11.9. The molecule has 0 atom stereocenters. The van der Waals surface area contributed by atoms with Crippen LogP contribution in [0.25, 0.3) is 0 Å². The molecule has 29 heavy (non-hydrogen) atoms. The number of ether oxygens (including phenoxy) is 1. The van der Waals surface area contributed by atoms with Crippen LogP contribution in [0.15, 0.2) is 58.1 Å². The number of nitrogens with one attached hydrogen (secondary N) is 3. The molecule has 1 saturated carbocycles. The number of carbonyl (C=O) groups is 3. The average Bonchev–Trinajstić information content (AvgIpc) is 3.53. The van der Waals surface area contributed by atoms with E-state index >= 15 is 0 Å². The van der Waals surface area contributed by atoms with Crippen molar-refractivity contribution in [3.8, 4) is 5.75 Å². The molecule has 2 aromatic rings. The smallest absolute Gasteiger partial charge is 0.329 e. The van der Waals surface area contributed by atoms with Crippen LogP contribution in [0.4, 0.5) is 5.69 Å². The normalized spacial score (nSPS) is 13.0. The highest BCUT2D eigenvalue weighted by Gasteiger charge is 2.26. The molecule has 3 N–H and O–H groups in total. The number of nitrogens with zero attached hydrogens (tertiary/aromatic N) is 1. The monoisotopic (exact) mass is 458 g/mol. The maximum atomic E-state index is 11.9. The maximum Gasteiger partial charge on any atom is 0.329 e. The van der Waals surface area contributed by atoms with E-state index in [0.717, 1.165) is 17.3 Å². The fourth-order valence-electron chi connectivity index (χ4n) is 2.22. The van der Waals surface area contributed by atoms with Gasteiger partial charge in [0.15, 0.2) is 6.61 Å². The van der Waals surface area contributed by atoms with Crippen LogP contribution in [0.2, 0.25) is 0 Å². The molecule has 1 fully saturated rings. The third-order valence-corrected chi connectivity index (χ3v) is 4.41. The summed E-state index contributed by atoms with van der Waals surface area (Å²) in [5.41, 5.74) is 3.55. The Bertz CT molecular complexity index is 909. The van der Waals surface area contributed by atoms with Crippen LogP contribution in [0, 0.1) is 0 Å². The Morgan fingerprint density at radius 1 is 1.03 bits per heavy atom.